The van der Waals surface area contributed by atoms with Crippen molar-refractivity contribution in [3.05, 3.63) is 0 Å². The van der Waals surface area contributed by atoms with Gasteiger partial charge in [0.1, 0.15) is 5.54 Å². The lowest BCUT2D eigenvalue weighted by molar-refractivity contribution is 0.130. The number of nitriles is 1. The zero-order valence-electron chi connectivity index (χ0n) is 12.9. The summed E-state index contributed by atoms with van der Waals surface area (Å²) in [5, 5.41) is 13.3. The summed E-state index contributed by atoms with van der Waals surface area (Å²) in [5.74, 6) is 0. The van der Waals surface area contributed by atoms with Crippen LogP contribution in [0.3, 0.4) is 0 Å². The second-order valence-electron chi connectivity index (χ2n) is 7.16. The highest BCUT2D eigenvalue weighted by Gasteiger charge is 2.45. The van der Waals surface area contributed by atoms with Crippen molar-refractivity contribution in [3.63, 3.8) is 0 Å². The number of nitrogens with zero attached hydrogens (tertiary/aromatic N) is 2. The molecular weight excluding hydrogens is 246 g/mol. The van der Waals surface area contributed by atoms with E-state index in [1.807, 2.05) is 0 Å². The third-order valence-electron chi connectivity index (χ3n) is 5.62. The van der Waals surface area contributed by atoms with Gasteiger partial charge in [-0.25, -0.2) is 0 Å². The SMILES string of the molecule is CCC1CCCCCN1C1CCC(C#N)(NC2CC2)C1. The Hall–Kier alpha value is -0.590. The van der Waals surface area contributed by atoms with Crippen LogP contribution in [0.2, 0.25) is 0 Å². The summed E-state index contributed by atoms with van der Waals surface area (Å²) in [5.41, 5.74) is -0.212. The first-order valence-electron chi connectivity index (χ1n) is 8.71. The Morgan fingerprint density at radius 1 is 1.20 bits per heavy atom. The molecule has 0 aromatic heterocycles. The highest BCUT2D eigenvalue weighted by Crippen LogP contribution is 2.38. The van der Waals surface area contributed by atoms with Crippen LogP contribution in [-0.2, 0) is 0 Å². The number of hydrogen-bond donors (Lipinski definition) is 1. The van der Waals surface area contributed by atoms with Gasteiger partial charge in [0, 0.05) is 18.1 Å². The van der Waals surface area contributed by atoms with Gasteiger partial charge in [-0.3, -0.25) is 10.2 Å². The van der Waals surface area contributed by atoms with Crippen LogP contribution in [0, 0.1) is 11.3 Å². The van der Waals surface area contributed by atoms with Crippen molar-refractivity contribution < 1.29 is 0 Å². The molecule has 112 valence electrons. The fourth-order valence-electron chi connectivity index (χ4n) is 4.30. The Morgan fingerprint density at radius 2 is 2.05 bits per heavy atom. The molecule has 0 aromatic carbocycles. The molecule has 2 saturated carbocycles. The minimum atomic E-state index is -0.212. The van der Waals surface area contributed by atoms with E-state index in [0.29, 0.717) is 12.1 Å². The Bertz CT molecular complexity index is 371. The zero-order valence-corrected chi connectivity index (χ0v) is 12.9. The normalized spacial score (nSPS) is 39.4. The molecule has 3 rings (SSSR count). The zero-order chi connectivity index (χ0) is 14.0. The highest BCUT2D eigenvalue weighted by molar-refractivity contribution is 5.15. The Kier molecular flexibility index (Phi) is 4.33. The Morgan fingerprint density at radius 3 is 2.75 bits per heavy atom. The van der Waals surface area contributed by atoms with Gasteiger partial charge in [0.25, 0.3) is 0 Å². The standard InChI is InChI=1S/C17H29N3/c1-2-15-6-4-3-5-11-20(15)16-9-10-17(12-16,13-18)19-14-7-8-14/h14-16,19H,2-12H2,1H3. The molecule has 0 spiro atoms. The minimum absolute atomic E-state index is 0.212. The Balaban J connectivity index is 1.66. The van der Waals surface area contributed by atoms with Crippen molar-refractivity contribution in [1.29, 1.82) is 5.26 Å². The molecular formula is C17H29N3. The van der Waals surface area contributed by atoms with Crippen LogP contribution in [0.15, 0.2) is 0 Å². The quantitative estimate of drug-likeness (QED) is 0.856. The second-order valence-corrected chi connectivity index (χ2v) is 7.16. The maximum absolute atomic E-state index is 9.66. The van der Waals surface area contributed by atoms with Crippen molar-refractivity contribution >= 4 is 0 Å². The van der Waals surface area contributed by atoms with E-state index in [1.54, 1.807) is 0 Å². The maximum atomic E-state index is 9.66. The van der Waals surface area contributed by atoms with Gasteiger partial charge in [0.2, 0.25) is 0 Å². The molecule has 0 bridgehead atoms. The van der Waals surface area contributed by atoms with Crippen LogP contribution in [0.1, 0.15) is 71.1 Å². The van der Waals surface area contributed by atoms with Gasteiger partial charge < -0.3 is 0 Å². The van der Waals surface area contributed by atoms with Crippen LogP contribution in [-0.4, -0.2) is 35.1 Å². The summed E-state index contributed by atoms with van der Waals surface area (Å²) in [6.45, 7) is 3.59. The molecule has 1 heterocycles. The third kappa shape index (κ3) is 3.02. The van der Waals surface area contributed by atoms with E-state index in [2.05, 4.69) is 23.2 Å². The molecule has 3 nitrogen and oxygen atoms in total. The second kappa shape index (κ2) is 6.03. The predicted octanol–water partition coefficient (Wildman–Crippen LogP) is 3.21. The average Bonchev–Trinajstić information content (AvgIpc) is 3.22. The fraction of sp³-hybridized carbons (Fsp3) is 0.941. The first-order chi connectivity index (χ1) is 9.76. The smallest absolute Gasteiger partial charge is 0.108 e. The van der Waals surface area contributed by atoms with Gasteiger partial charge in [0.05, 0.1) is 6.07 Å². The van der Waals surface area contributed by atoms with E-state index >= 15 is 0 Å². The molecule has 3 heteroatoms. The molecule has 2 aliphatic carbocycles. The van der Waals surface area contributed by atoms with Gasteiger partial charge in [-0.1, -0.05) is 19.8 Å². The van der Waals surface area contributed by atoms with Gasteiger partial charge in [-0.15, -0.1) is 0 Å². The first kappa shape index (κ1) is 14.4. The van der Waals surface area contributed by atoms with Crippen LogP contribution >= 0.6 is 0 Å². The number of rotatable bonds is 4. The lowest BCUT2D eigenvalue weighted by Crippen LogP contribution is -2.47. The highest BCUT2D eigenvalue weighted by atomic mass is 15.2. The largest absolute Gasteiger partial charge is 0.297 e. The van der Waals surface area contributed by atoms with E-state index < -0.39 is 0 Å². The molecule has 1 N–H and O–H groups in total. The van der Waals surface area contributed by atoms with Gasteiger partial charge in [0.15, 0.2) is 0 Å². The molecule has 0 radical (unpaired) electrons. The van der Waals surface area contributed by atoms with E-state index in [4.69, 9.17) is 0 Å². The summed E-state index contributed by atoms with van der Waals surface area (Å²) < 4.78 is 0. The van der Waals surface area contributed by atoms with E-state index in [0.717, 1.165) is 18.9 Å². The summed E-state index contributed by atoms with van der Waals surface area (Å²) >= 11 is 0. The molecule has 1 aliphatic heterocycles. The maximum Gasteiger partial charge on any atom is 0.108 e. The first-order valence-corrected chi connectivity index (χ1v) is 8.71. The van der Waals surface area contributed by atoms with E-state index in [9.17, 15) is 5.26 Å². The van der Waals surface area contributed by atoms with E-state index in [1.165, 1.54) is 57.9 Å². The lowest BCUT2D eigenvalue weighted by atomic mass is 9.98. The summed E-state index contributed by atoms with van der Waals surface area (Å²) in [6.07, 6.45) is 12.6. The number of likely N-dealkylation sites (tertiary alicyclic amines) is 1. The van der Waals surface area contributed by atoms with Crippen LogP contribution in [0.4, 0.5) is 0 Å². The predicted molar refractivity (Wildman–Crippen MR) is 81.4 cm³/mol. The summed E-state index contributed by atoms with van der Waals surface area (Å²) in [4.78, 5) is 2.76. The van der Waals surface area contributed by atoms with Crippen molar-refractivity contribution in [3.8, 4) is 6.07 Å². The number of hydrogen-bond acceptors (Lipinski definition) is 3. The van der Waals surface area contributed by atoms with Crippen molar-refractivity contribution in [2.45, 2.75) is 94.8 Å². The van der Waals surface area contributed by atoms with Gasteiger partial charge >= 0.3 is 0 Å². The van der Waals surface area contributed by atoms with Crippen molar-refractivity contribution in [2.24, 2.45) is 0 Å². The van der Waals surface area contributed by atoms with Crippen molar-refractivity contribution in [2.75, 3.05) is 6.54 Å². The molecule has 20 heavy (non-hydrogen) atoms. The molecule has 3 aliphatic rings. The van der Waals surface area contributed by atoms with Crippen LogP contribution < -0.4 is 5.32 Å². The fourth-order valence-corrected chi connectivity index (χ4v) is 4.30. The monoisotopic (exact) mass is 275 g/mol. The lowest BCUT2D eigenvalue weighted by Gasteiger charge is -2.35. The molecule has 1 saturated heterocycles. The average molecular weight is 275 g/mol. The van der Waals surface area contributed by atoms with Crippen LogP contribution in [0.5, 0.6) is 0 Å². The molecule has 0 amide bonds. The summed E-state index contributed by atoms with van der Waals surface area (Å²) in [6, 6.07) is 4.67. The van der Waals surface area contributed by atoms with Gasteiger partial charge in [-0.05, 0) is 57.9 Å². The van der Waals surface area contributed by atoms with Gasteiger partial charge in [-0.2, -0.15) is 5.26 Å². The van der Waals surface area contributed by atoms with Crippen molar-refractivity contribution in [1.82, 2.24) is 10.2 Å². The summed E-state index contributed by atoms with van der Waals surface area (Å²) in [7, 11) is 0. The van der Waals surface area contributed by atoms with E-state index in [-0.39, 0.29) is 5.54 Å². The number of nitrogens with one attached hydrogen (secondary N) is 1. The molecule has 3 fully saturated rings. The van der Waals surface area contributed by atoms with Crippen LogP contribution in [0.25, 0.3) is 0 Å². The minimum Gasteiger partial charge on any atom is -0.297 e. The third-order valence-corrected chi connectivity index (χ3v) is 5.62. The molecule has 0 aromatic rings. The Labute approximate surface area is 123 Å². The molecule has 3 atom stereocenters. The molecule has 3 unspecified atom stereocenters. The topological polar surface area (TPSA) is 39.1 Å².